The Hall–Kier alpha value is -3.33. The summed E-state index contributed by atoms with van der Waals surface area (Å²) in [6, 6.07) is 11.4. The molecular weight excluding hydrogens is 389 g/mol. The fourth-order valence-corrected chi connectivity index (χ4v) is 3.56. The highest BCUT2D eigenvalue weighted by molar-refractivity contribution is 5.55. The maximum Gasteiger partial charge on any atom is 0.269 e. The molecule has 0 aliphatic carbocycles. The van der Waals surface area contributed by atoms with E-state index in [2.05, 4.69) is 19.9 Å². The van der Waals surface area contributed by atoms with Gasteiger partial charge in [-0.25, -0.2) is 4.39 Å². The largest absolute Gasteiger partial charge is 0.369 e. The summed E-state index contributed by atoms with van der Waals surface area (Å²) in [7, 11) is 0. The monoisotopic (exact) mass is 411 g/mol. The second-order valence-electron chi connectivity index (χ2n) is 7.39. The molecule has 9 heteroatoms. The summed E-state index contributed by atoms with van der Waals surface area (Å²) in [5.41, 5.74) is 2.21. The van der Waals surface area contributed by atoms with Gasteiger partial charge in [0.25, 0.3) is 5.69 Å². The van der Waals surface area contributed by atoms with E-state index in [1.807, 2.05) is 6.92 Å². The zero-order chi connectivity index (χ0) is 21.3. The number of piperazine rings is 1. The van der Waals surface area contributed by atoms with E-state index in [1.54, 1.807) is 31.2 Å². The molecule has 1 aliphatic rings. The van der Waals surface area contributed by atoms with Gasteiger partial charge in [-0.3, -0.25) is 15.0 Å². The number of rotatable bonds is 5. The van der Waals surface area contributed by atoms with Crippen LogP contribution in [0.1, 0.15) is 24.4 Å². The van der Waals surface area contributed by atoms with Crippen LogP contribution in [0.25, 0.3) is 11.4 Å². The van der Waals surface area contributed by atoms with Crippen LogP contribution < -0.4 is 4.90 Å². The summed E-state index contributed by atoms with van der Waals surface area (Å²) in [5.74, 6) is 0.573. The van der Waals surface area contributed by atoms with Crippen molar-refractivity contribution in [2.45, 2.75) is 19.9 Å². The van der Waals surface area contributed by atoms with Crippen molar-refractivity contribution in [3.05, 3.63) is 69.9 Å². The Balaban J connectivity index is 1.39. The minimum Gasteiger partial charge on any atom is -0.369 e. The van der Waals surface area contributed by atoms with Crippen LogP contribution in [-0.4, -0.2) is 46.1 Å². The van der Waals surface area contributed by atoms with E-state index in [0.29, 0.717) is 22.8 Å². The molecule has 1 aromatic heterocycles. The predicted molar refractivity (Wildman–Crippen MR) is 110 cm³/mol. The number of hydrogen-bond donors (Lipinski definition) is 0. The van der Waals surface area contributed by atoms with E-state index >= 15 is 0 Å². The molecule has 0 saturated carbocycles. The van der Waals surface area contributed by atoms with Crippen LogP contribution in [0.5, 0.6) is 0 Å². The van der Waals surface area contributed by atoms with Gasteiger partial charge < -0.3 is 9.42 Å². The van der Waals surface area contributed by atoms with Gasteiger partial charge >= 0.3 is 0 Å². The fraction of sp³-hybridized carbons (Fsp3) is 0.333. The molecule has 156 valence electrons. The summed E-state index contributed by atoms with van der Waals surface area (Å²) in [5, 5.41) is 14.8. The zero-order valence-electron chi connectivity index (χ0n) is 16.8. The number of halogens is 1. The lowest BCUT2D eigenvalue weighted by molar-refractivity contribution is -0.384. The summed E-state index contributed by atoms with van der Waals surface area (Å²) < 4.78 is 19.3. The number of anilines is 1. The molecule has 0 radical (unpaired) electrons. The maximum absolute atomic E-state index is 13.8. The number of non-ortho nitro benzene ring substituents is 1. The van der Waals surface area contributed by atoms with E-state index in [9.17, 15) is 14.5 Å². The van der Waals surface area contributed by atoms with Crippen LogP contribution in [0.2, 0.25) is 0 Å². The molecule has 8 nitrogen and oxygen atoms in total. The van der Waals surface area contributed by atoms with E-state index in [0.717, 1.165) is 31.9 Å². The third kappa shape index (κ3) is 4.02. The number of nitrogens with zero attached hydrogens (tertiary/aromatic N) is 5. The predicted octanol–water partition coefficient (Wildman–Crippen LogP) is 3.98. The molecule has 0 spiro atoms. The molecule has 1 fully saturated rings. The van der Waals surface area contributed by atoms with Gasteiger partial charge in [0, 0.05) is 49.6 Å². The molecule has 3 aromatic rings. The first kappa shape index (κ1) is 20.0. The van der Waals surface area contributed by atoms with Gasteiger partial charge in [0.05, 0.1) is 11.0 Å². The number of benzene rings is 2. The van der Waals surface area contributed by atoms with E-state index in [4.69, 9.17) is 4.52 Å². The molecule has 2 aromatic carbocycles. The summed E-state index contributed by atoms with van der Waals surface area (Å²) in [4.78, 5) is 19.3. The minimum atomic E-state index is -0.396. The lowest BCUT2D eigenvalue weighted by atomic mass is 10.1. The Labute approximate surface area is 173 Å². The molecule has 0 bridgehead atoms. The van der Waals surface area contributed by atoms with Gasteiger partial charge in [0.2, 0.25) is 11.7 Å². The number of aryl methyl sites for hydroxylation is 1. The topological polar surface area (TPSA) is 88.5 Å². The van der Waals surface area contributed by atoms with Crippen molar-refractivity contribution in [1.82, 2.24) is 15.0 Å². The summed E-state index contributed by atoms with van der Waals surface area (Å²) >= 11 is 0. The highest BCUT2D eigenvalue weighted by Crippen LogP contribution is 2.26. The fourth-order valence-electron chi connectivity index (χ4n) is 3.56. The molecule has 0 amide bonds. The minimum absolute atomic E-state index is 0.0689. The van der Waals surface area contributed by atoms with Crippen molar-refractivity contribution < 1.29 is 13.8 Å². The molecule has 2 heterocycles. The van der Waals surface area contributed by atoms with Gasteiger partial charge in [0.15, 0.2) is 0 Å². The zero-order valence-corrected chi connectivity index (χ0v) is 16.8. The number of aromatic nitrogens is 2. The quantitative estimate of drug-likeness (QED) is 0.463. The average Bonchev–Trinajstić information content (AvgIpc) is 3.25. The van der Waals surface area contributed by atoms with Gasteiger partial charge in [-0.15, -0.1) is 0 Å². The second kappa shape index (κ2) is 8.19. The summed E-state index contributed by atoms with van der Waals surface area (Å²) in [6.07, 6.45) is 0. The molecule has 4 rings (SSSR count). The van der Waals surface area contributed by atoms with Crippen LogP contribution >= 0.6 is 0 Å². The number of hydrogen-bond acceptors (Lipinski definition) is 7. The molecule has 1 saturated heterocycles. The van der Waals surface area contributed by atoms with Crippen molar-refractivity contribution in [1.29, 1.82) is 0 Å². The van der Waals surface area contributed by atoms with Crippen LogP contribution in [-0.2, 0) is 0 Å². The maximum atomic E-state index is 13.8. The Morgan fingerprint density at radius 1 is 1.13 bits per heavy atom. The third-order valence-corrected chi connectivity index (χ3v) is 5.52. The van der Waals surface area contributed by atoms with Crippen molar-refractivity contribution in [2.24, 2.45) is 0 Å². The van der Waals surface area contributed by atoms with Crippen molar-refractivity contribution >= 4 is 11.4 Å². The third-order valence-electron chi connectivity index (χ3n) is 5.52. The Kier molecular flexibility index (Phi) is 5.45. The lowest BCUT2D eigenvalue weighted by Crippen LogP contribution is -2.47. The average molecular weight is 411 g/mol. The van der Waals surface area contributed by atoms with Crippen molar-refractivity contribution in [2.75, 3.05) is 31.1 Å². The highest BCUT2D eigenvalue weighted by atomic mass is 19.1. The standard InChI is InChI=1S/C21H22FN5O3/c1-14-3-4-16(13-19(14)22)20-23-21(30-24-20)15(2)25-9-11-26(12-10-25)17-5-7-18(8-6-17)27(28)29/h3-8,13,15H,9-12H2,1-2H3. The van der Waals surface area contributed by atoms with Gasteiger partial charge in [-0.1, -0.05) is 17.3 Å². The van der Waals surface area contributed by atoms with Crippen molar-refractivity contribution in [3.63, 3.8) is 0 Å². The molecular formula is C21H22FN5O3. The van der Waals surface area contributed by atoms with Gasteiger partial charge in [-0.2, -0.15) is 4.98 Å². The van der Waals surface area contributed by atoms with Crippen LogP contribution in [0.3, 0.4) is 0 Å². The number of nitro groups is 1. The Bertz CT molecular complexity index is 1050. The number of nitro benzene ring substituents is 1. The van der Waals surface area contributed by atoms with E-state index in [-0.39, 0.29) is 17.5 Å². The van der Waals surface area contributed by atoms with Crippen LogP contribution in [0.15, 0.2) is 47.0 Å². The SMILES string of the molecule is Cc1ccc(-c2noc(C(C)N3CCN(c4ccc([N+](=O)[O-])cc4)CC3)n2)cc1F. The van der Waals surface area contributed by atoms with Gasteiger partial charge in [0.1, 0.15) is 5.82 Å². The first-order valence-corrected chi connectivity index (χ1v) is 9.76. The Morgan fingerprint density at radius 3 is 2.47 bits per heavy atom. The highest BCUT2D eigenvalue weighted by Gasteiger charge is 2.26. The van der Waals surface area contributed by atoms with Gasteiger partial charge in [-0.05, 0) is 37.6 Å². The first-order valence-electron chi connectivity index (χ1n) is 9.76. The molecule has 0 N–H and O–H groups in total. The Morgan fingerprint density at radius 2 is 1.83 bits per heavy atom. The first-order chi connectivity index (χ1) is 14.4. The second-order valence-corrected chi connectivity index (χ2v) is 7.39. The molecule has 30 heavy (non-hydrogen) atoms. The van der Waals surface area contributed by atoms with Crippen molar-refractivity contribution in [3.8, 4) is 11.4 Å². The van der Waals surface area contributed by atoms with E-state index < -0.39 is 4.92 Å². The smallest absolute Gasteiger partial charge is 0.269 e. The lowest BCUT2D eigenvalue weighted by Gasteiger charge is -2.38. The van der Waals surface area contributed by atoms with Crippen LogP contribution in [0, 0.1) is 22.9 Å². The molecule has 1 aliphatic heterocycles. The molecule has 1 unspecified atom stereocenters. The molecule has 1 atom stereocenters. The van der Waals surface area contributed by atoms with E-state index in [1.165, 1.54) is 18.2 Å². The van der Waals surface area contributed by atoms with Crippen LogP contribution in [0.4, 0.5) is 15.8 Å². The summed E-state index contributed by atoms with van der Waals surface area (Å²) in [6.45, 7) is 6.86. The normalized spacial score (nSPS) is 15.9.